The fourth-order valence-electron chi connectivity index (χ4n) is 2.55. The minimum absolute atomic E-state index is 0.0524. The lowest BCUT2D eigenvalue weighted by Crippen LogP contribution is -2.44. The van der Waals surface area contributed by atoms with Crippen molar-refractivity contribution in [2.45, 2.75) is 45.2 Å². The molecule has 7 heteroatoms. The predicted molar refractivity (Wildman–Crippen MR) is 93.1 cm³/mol. The molecule has 0 saturated heterocycles. The Morgan fingerprint density at radius 1 is 1.39 bits per heavy atom. The van der Waals surface area contributed by atoms with Crippen molar-refractivity contribution in [3.05, 3.63) is 17.3 Å². The largest absolute Gasteiger partial charge is 0.354 e. The highest BCUT2D eigenvalue weighted by molar-refractivity contribution is 7.99. The van der Waals surface area contributed by atoms with Crippen molar-refractivity contribution < 1.29 is 9.59 Å². The number of anilines is 1. The van der Waals surface area contributed by atoms with Gasteiger partial charge in [0, 0.05) is 37.0 Å². The highest BCUT2D eigenvalue weighted by Crippen LogP contribution is 2.36. The average molecular weight is 336 g/mol. The van der Waals surface area contributed by atoms with E-state index in [9.17, 15) is 9.59 Å². The van der Waals surface area contributed by atoms with Crippen molar-refractivity contribution in [3.8, 4) is 0 Å². The van der Waals surface area contributed by atoms with Crippen molar-refractivity contribution >= 4 is 29.4 Å². The van der Waals surface area contributed by atoms with Gasteiger partial charge < -0.3 is 10.6 Å². The van der Waals surface area contributed by atoms with E-state index < -0.39 is 0 Å². The van der Waals surface area contributed by atoms with Gasteiger partial charge in [-0.3, -0.25) is 9.69 Å². The summed E-state index contributed by atoms with van der Waals surface area (Å²) in [4.78, 5) is 30.3. The van der Waals surface area contributed by atoms with Crippen LogP contribution in [0.2, 0.25) is 0 Å². The SMILES string of the molecule is Cc1cc(C)c2c(n1)SCCN2C(=O)NCCC(=O)NC(C)C. The second kappa shape index (κ2) is 7.68. The molecule has 0 saturated carbocycles. The molecular formula is C16H24N4O2S. The van der Waals surface area contributed by atoms with Gasteiger partial charge >= 0.3 is 6.03 Å². The number of amides is 3. The summed E-state index contributed by atoms with van der Waals surface area (Å²) < 4.78 is 0. The Hall–Kier alpha value is -1.76. The molecule has 0 aromatic carbocycles. The van der Waals surface area contributed by atoms with E-state index >= 15 is 0 Å². The Kier molecular flexibility index (Phi) is 5.87. The Balaban J connectivity index is 1.98. The summed E-state index contributed by atoms with van der Waals surface area (Å²) in [6, 6.07) is 1.93. The van der Waals surface area contributed by atoms with Gasteiger partial charge in [0.15, 0.2) is 0 Å². The number of hydrogen-bond acceptors (Lipinski definition) is 4. The molecule has 126 valence electrons. The Bertz CT molecular complexity index is 604. The Morgan fingerprint density at radius 2 is 2.13 bits per heavy atom. The third-order valence-electron chi connectivity index (χ3n) is 3.43. The molecule has 2 N–H and O–H groups in total. The smallest absolute Gasteiger partial charge is 0.322 e. The fraction of sp³-hybridized carbons (Fsp3) is 0.562. The average Bonchev–Trinajstić information content (AvgIpc) is 2.45. The van der Waals surface area contributed by atoms with Gasteiger partial charge in [0.25, 0.3) is 0 Å². The van der Waals surface area contributed by atoms with E-state index in [4.69, 9.17) is 0 Å². The first-order valence-corrected chi connectivity index (χ1v) is 8.83. The number of hydrogen-bond donors (Lipinski definition) is 2. The van der Waals surface area contributed by atoms with Crippen LogP contribution in [0, 0.1) is 13.8 Å². The molecule has 0 spiro atoms. The first-order valence-electron chi connectivity index (χ1n) is 7.84. The van der Waals surface area contributed by atoms with Gasteiger partial charge in [0.1, 0.15) is 5.03 Å². The van der Waals surface area contributed by atoms with Crippen LogP contribution >= 0.6 is 11.8 Å². The van der Waals surface area contributed by atoms with E-state index in [2.05, 4.69) is 15.6 Å². The highest BCUT2D eigenvalue weighted by Gasteiger charge is 2.26. The van der Waals surface area contributed by atoms with Gasteiger partial charge in [0.2, 0.25) is 5.91 Å². The first-order chi connectivity index (χ1) is 10.9. The molecule has 0 radical (unpaired) electrons. The summed E-state index contributed by atoms with van der Waals surface area (Å²) in [5.41, 5.74) is 2.89. The maximum atomic E-state index is 12.4. The van der Waals surface area contributed by atoms with Crippen LogP contribution < -0.4 is 15.5 Å². The van der Waals surface area contributed by atoms with Crippen LogP contribution in [0.1, 0.15) is 31.5 Å². The van der Waals surface area contributed by atoms with Crippen LogP contribution in [0.25, 0.3) is 0 Å². The number of aromatic nitrogens is 1. The van der Waals surface area contributed by atoms with E-state index in [-0.39, 0.29) is 24.4 Å². The van der Waals surface area contributed by atoms with Crippen molar-refractivity contribution in [1.82, 2.24) is 15.6 Å². The van der Waals surface area contributed by atoms with Crippen molar-refractivity contribution in [1.29, 1.82) is 0 Å². The molecular weight excluding hydrogens is 312 g/mol. The molecule has 2 rings (SSSR count). The lowest BCUT2D eigenvalue weighted by atomic mass is 10.2. The molecule has 6 nitrogen and oxygen atoms in total. The predicted octanol–water partition coefficient (Wildman–Crippen LogP) is 2.23. The number of aryl methyl sites for hydroxylation is 2. The number of fused-ring (bicyclic) bond motifs is 1. The third kappa shape index (κ3) is 4.60. The van der Waals surface area contributed by atoms with Gasteiger partial charge in [-0.15, -0.1) is 11.8 Å². The van der Waals surface area contributed by atoms with E-state index in [1.54, 1.807) is 16.7 Å². The van der Waals surface area contributed by atoms with Crippen LogP contribution in [0.5, 0.6) is 0 Å². The standard InChI is InChI=1S/C16H24N4O2S/c1-10(2)18-13(21)5-6-17-16(22)20-7-8-23-15-14(20)11(3)9-12(4)19-15/h9-10H,5-8H2,1-4H3,(H,17,22)(H,18,21). The van der Waals surface area contributed by atoms with Crippen molar-refractivity contribution in [2.24, 2.45) is 0 Å². The van der Waals surface area contributed by atoms with Crippen LogP contribution in [0.4, 0.5) is 10.5 Å². The van der Waals surface area contributed by atoms with Gasteiger partial charge in [0.05, 0.1) is 5.69 Å². The number of urea groups is 1. The molecule has 1 aromatic rings. The third-order valence-corrected chi connectivity index (χ3v) is 4.37. The number of thioether (sulfide) groups is 1. The minimum Gasteiger partial charge on any atom is -0.354 e. The quantitative estimate of drug-likeness (QED) is 0.884. The molecule has 3 amide bonds. The topological polar surface area (TPSA) is 74.3 Å². The molecule has 0 aliphatic carbocycles. The molecule has 0 bridgehead atoms. The number of nitrogens with one attached hydrogen (secondary N) is 2. The lowest BCUT2D eigenvalue weighted by molar-refractivity contribution is -0.121. The lowest BCUT2D eigenvalue weighted by Gasteiger charge is -2.30. The van der Waals surface area contributed by atoms with Crippen LogP contribution in [0.15, 0.2) is 11.1 Å². The van der Waals surface area contributed by atoms with Crippen molar-refractivity contribution in [3.63, 3.8) is 0 Å². The number of carbonyl (C=O) groups excluding carboxylic acids is 2. The summed E-state index contributed by atoms with van der Waals surface area (Å²) in [5, 5.41) is 6.54. The second-order valence-corrected chi connectivity index (χ2v) is 7.02. The van der Waals surface area contributed by atoms with Crippen molar-refractivity contribution in [2.75, 3.05) is 23.7 Å². The zero-order valence-electron chi connectivity index (χ0n) is 14.1. The number of pyridine rings is 1. The summed E-state index contributed by atoms with van der Waals surface area (Å²) in [5.74, 6) is 0.771. The van der Waals surface area contributed by atoms with Crippen LogP contribution in [0.3, 0.4) is 0 Å². The molecule has 1 aromatic heterocycles. The van der Waals surface area contributed by atoms with Gasteiger partial charge in [-0.1, -0.05) is 0 Å². The van der Waals surface area contributed by atoms with Gasteiger partial charge in [-0.25, -0.2) is 9.78 Å². The van der Waals surface area contributed by atoms with Gasteiger partial charge in [-0.05, 0) is 39.3 Å². The van der Waals surface area contributed by atoms with E-state index in [1.807, 2.05) is 33.8 Å². The zero-order valence-corrected chi connectivity index (χ0v) is 14.9. The van der Waals surface area contributed by atoms with E-state index in [0.29, 0.717) is 13.1 Å². The molecule has 1 aliphatic heterocycles. The zero-order chi connectivity index (χ0) is 17.0. The normalized spacial score (nSPS) is 13.7. The monoisotopic (exact) mass is 336 g/mol. The summed E-state index contributed by atoms with van der Waals surface area (Å²) in [6.45, 7) is 8.76. The van der Waals surface area contributed by atoms with Crippen LogP contribution in [-0.2, 0) is 4.79 Å². The minimum atomic E-state index is -0.169. The molecule has 1 aliphatic rings. The first kappa shape index (κ1) is 17.6. The molecule has 23 heavy (non-hydrogen) atoms. The number of rotatable bonds is 4. The maximum Gasteiger partial charge on any atom is 0.322 e. The highest BCUT2D eigenvalue weighted by atomic mass is 32.2. The van der Waals surface area contributed by atoms with E-state index in [0.717, 1.165) is 27.7 Å². The Morgan fingerprint density at radius 3 is 2.83 bits per heavy atom. The summed E-state index contributed by atoms with van der Waals surface area (Å²) >= 11 is 1.68. The maximum absolute atomic E-state index is 12.4. The molecule has 0 atom stereocenters. The fourth-order valence-corrected chi connectivity index (χ4v) is 3.63. The second-order valence-electron chi connectivity index (χ2n) is 5.94. The molecule has 2 heterocycles. The molecule has 0 fully saturated rings. The summed E-state index contributed by atoms with van der Waals surface area (Å²) in [7, 11) is 0. The number of carbonyl (C=O) groups is 2. The van der Waals surface area contributed by atoms with Crippen LogP contribution in [-0.4, -0.2) is 41.8 Å². The number of nitrogens with zero attached hydrogens (tertiary/aromatic N) is 2. The Labute approximate surface area is 141 Å². The summed E-state index contributed by atoms with van der Waals surface area (Å²) in [6.07, 6.45) is 0.282. The molecule has 0 unspecified atom stereocenters. The van der Waals surface area contributed by atoms with Gasteiger partial charge in [-0.2, -0.15) is 0 Å². The van der Waals surface area contributed by atoms with E-state index in [1.165, 1.54) is 0 Å².